The van der Waals surface area contributed by atoms with Crippen LogP contribution in [0, 0.1) is 0 Å². The summed E-state index contributed by atoms with van der Waals surface area (Å²) in [6.45, 7) is 5.09. The molecule has 1 aliphatic rings. The van der Waals surface area contributed by atoms with Gasteiger partial charge in [0.2, 0.25) is 0 Å². The first-order valence-corrected chi connectivity index (χ1v) is 5.09. The summed E-state index contributed by atoms with van der Waals surface area (Å²) < 4.78 is 0. The molecule has 1 fully saturated rings. The Balaban J connectivity index is 2.89. The molecule has 0 aromatic heterocycles. The van der Waals surface area contributed by atoms with Gasteiger partial charge in [-0.15, -0.1) is 0 Å². The molecule has 86 valence electrons. The molecule has 1 rings (SSSR count). The molecule has 1 atom stereocenters. The third-order valence-corrected chi connectivity index (χ3v) is 2.66. The van der Waals surface area contributed by atoms with Gasteiger partial charge in [0.1, 0.15) is 12.3 Å². The lowest BCUT2D eigenvalue weighted by Crippen LogP contribution is -2.67. The van der Waals surface area contributed by atoms with Gasteiger partial charge in [0.05, 0.1) is 0 Å². The first-order valence-electron chi connectivity index (χ1n) is 4.68. The largest absolute Gasteiger partial charge is 0.480 e. The lowest BCUT2D eigenvalue weighted by atomic mass is 9.90. The number of nitrogens with one attached hydrogen (secondary N) is 1. The average Bonchev–Trinajstić information content (AvgIpc) is 1.93. The molecule has 0 unspecified atom stereocenters. The number of carbonyl (C=O) groups is 1. The number of carboxylic acids is 1. The van der Waals surface area contributed by atoms with Crippen LogP contribution >= 0.6 is 12.2 Å². The van der Waals surface area contributed by atoms with Crippen LogP contribution in [0.15, 0.2) is 0 Å². The fraction of sp³-hybridized carbons (Fsp3) is 0.778. The van der Waals surface area contributed by atoms with E-state index in [0.717, 1.165) is 0 Å². The van der Waals surface area contributed by atoms with Crippen molar-refractivity contribution in [3.63, 3.8) is 0 Å². The number of hydrogen-bond donors (Lipinski definition) is 3. The molecular weight excluding hydrogens is 216 g/mol. The highest BCUT2D eigenvalue weighted by Crippen LogP contribution is 2.28. The molecule has 1 heterocycles. The Labute approximate surface area is 94.1 Å². The highest BCUT2D eigenvalue weighted by atomic mass is 32.1. The Kier molecular flexibility index (Phi) is 2.93. The van der Waals surface area contributed by atoms with Crippen LogP contribution in [0.4, 0.5) is 0 Å². The van der Waals surface area contributed by atoms with E-state index in [2.05, 4.69) is 5.32 Å². The summed E-state index contributed by atoms with van der Waals surface area (Å²) in [4.78, 5) is 11.9. The number of carboxylic acid groups (broad SMARTS) is 1. The second-order valence-corrected chi connectivity index (χ2v) is 5.07. The maximum Gasteiger partial charge on any atom is 0.323 e. The van der Waals surface area contributed by atoms with E-state index >= 15 is 0 Å². The number of hydrogen-bond acceptors (Lipinski definition) is 3. The molecule has 1 saturated heterocycles. The van der Waals surface area contributed by atoms with Gasteiger partial charge in [0, 0.05) is 12.0 Å². The molecular formula is C9H16N2O3S. The number of rotatable bonds is 2. The summed E-state index contributed by atoms with van der Waals surface area (Å²) in [6, 6.07) is 0. The molecule has 0 aromatic rings. The second-order valence-electron chi connectivity index (χ2n) is 4.69. The summed E-state index contributed by atoms with van der Waals surface area (Å²) >= 11 is 5.03. The van der Waals surface area contributed by atoms with Gasteiger partial charge < -0.3 is 20.4 Å². The maximum absolute atomic E-state index is 10.6. The van der Waals surface area contributed by atoms with Crippen LogP contribution in [0.3, 0.4) is 0 Å². The Morgan fingerprint density at radius 3 is 2.53 bits per heavy atom. The van der Waals surface area contributed by atoms with Crippen LogP contribution in [-0.4, -0.2) is 44.0 Å². The highest BCUT2D eigenvalue weighted by molar-refractivity contribution is 7.80. The normalized spacial score (nSPS) is 29.9. The predicted octanol–water partition coefficient (Wildman–Crippen LogP) is 0.138. The first kappa shape index (κ1) is 12.2. The van der Waals surface area contributed by atoms with Crippen molar-refractivity contribution in [1.82, 2.24) is 10.2 Å². The average molecular weight is 232 g/mol. The van der Waals surface area contributed by atoms with Crippen LogP contribution in [-0.2, 0) is 4.79 Å². The molecule has 0 aromatic carbocycles. The van der Waals surface area contributed by atoms with Crippen molar-refractivity contribution < 1.29 is 15.0 Å². The predicted molar refractivity (Wildman–Crippen MR) is 59.4 cm³/mol. The molecule has 6 heteroatoms. The molecule has 0 radical (unpaired) electrons. The van der Waals surface area contributed by atoms with Crippen molar-refractivity contribution >= 4 is 23.3 Å². The minimum Gasteiger partial charge on any atom is -0.480 e. The van der Waals surface area contributed by atoms with Crippen molar-refractivity contribution in [2.24, 2.45) is 0 Å². The van der Waals surface area contributed by atoms with E-state index in [1.807, 2.05) is 13.8 Å². The van der Waals surface area contributed by atoms with Gasteiger partial charge >= 0.3 is 5.97 Å². The van der Waals surface area contributed by atoms with E-state index < -0.39 is 11.7 Å². The molecule has 0 bridgehead atoms. The quantitative estimate of drug-likeness (QED) is 0.588. The zero-order valence-corrected chi connectivity index (χ0v) is 9.89. The van der Waals surface area contributed by atoms with E-state index in [4.69, 9.17) is 17.3 Å². The van der Waals surface area contributed by atoms with Gasteiger partial charge in [0.25, 0.3) is 0 Å². The van der Waals surface area contributed by atoms with Crippen molar-refractivity contribution in [2.75, 3.05) is 6.54 Å². The zero-order chi connectivity index (χ0) is 11.9. The molecule has 5 nitrogen and oxygen atoms in total. The lowest BCUT2D eigenvalue weighted by molar-refractivity contribution is -0.146. The standard InChI is InChI=1S/C9H16N2O3S/c1-8(2)5-9(3,14)11(4-6(12)13)7(15)10-8/h14H,4-5H2,1-3H3,(H,10,15)(H,12,13)/t9-/m1/s1. The number of aliphatic carboxylic acids is 1. The van der Waals surface area contributed by atoms with Gasteiger partial charge in [-0.1, -0.05) is 0 Å². The molecule has 15 heavy (non-hydrogen) atoms. The smallest absolute Gasteiger partial charge is 0.323 e. The van der Waals surface area contributed by atoms with Gasteiger partial charge in [0.15, 0.2) is 5.11 Å². The maximum atomic E-state index is 10.6. The Hall–Kier alpha value is -0.880. The summed E-state index contributed by atoms with van der Waals surface area (Å²) in [7, 11) is 0. The molecule has 1 aliphatic heterocycles. The van der Waals surface area contributed by atoms with Gasteiger partial charge in [-0.25, -0.2) is 0 Å². The van der Waals surface area contributed by atoms with Crippen molar-refractivity contribution in [2.45, 2.75) is 38.5 Å². The molecule has 0 aliphatic carbocycles. The van der Waals surface area contributed by atoms with E-state index in [1.54, 1.807) is 6.92 Å². The molecule has 0 amide bonds. The Morgan fingerprint density at radius 1 is 1.60 bits per heavy atom. The second kappa shape index (κ2) is 3.61. The van der Waals surface area contributed by atoms with E-state index in [1.165, 1.54) is 4.90 Å². The zero-order valence-electron chi connectivity index (χ0n) is 9.07. The van der Waals surface area contributed by atoms with Gasteiger partial charge in [-0.2, -0.15) is 0 Å². The number of nitrogens with zero attached hydrogens (tertiary/aromatic N) is 1. The van der Waals surface area contributed by atoms with E-state index in [9.17, 15) is 9.90 Å². The molecule has 0 saturated carbocycles. The van der Waals surface area contributed by atoms with Gasteiger partial charge in [-0.3, -0.25) is 4.79 Å². The van der Waals surface area contributed by atoms with E-state index in [-0.39, 0.29) is 17.2 Å². The van der Waals surface area contributed by atoms with Gasteiger partial charge in [-0.05, 0) is 33.0 Å². The topological polar surface area (TPSA) is 72.8 Å². The molecule has 0 spiro atoms. The fourth-order valence-electron chi connectivity index (χ4n) is 1.93. The van der Waals surface area contributed by atoms with Crippen molar-refractivity contribution in [3.05, 3.63) is 0 Å². The third-order valence-electron chi connectivity index (χ3n) is 2.34. The van der Waals surface area contributed by atoms with Crippen LogP contribution in [0.2, 0.25) is 0 Å². The SMILES string of the molecule is CC1(C)C[C@@](C)(O)N(CC(=O)O)C(=S)N1. The minimum atomic E-state index is -1.22. The number of thiocarbonyl (C=S) groups is 1. The Morgan fingerprint density at radius 2 is 2.13 bits per heavy atom. The Bertz CT molecular complexity index is 302. The van der Waals surface area contributed by atoms with Crippen molar-refractivity contribution in [1.29, 1.82) is 0 Å². The minimum absolute atomic E-state index is 0.277. The van der Waals surface area contributed by atoms with Crippen LogP contribution in [0.5, 0.6) is 0 Å². The van der Waals surface area contributed by atoms with Crippen LogP contribution < -0.4 is 5.32 Å². The first-order chi connectivity index (χ1) is 6.64. The van der Waals surface area contributed by atoms with E-state index in [0.29, 0.717) is 6.42 Å². The summed E-state index contributed by atoms with van der Waals surface area (Å²) in [5.74, 6) is -1.01. The molecule has 3 N–H and O–H groups in total. The van der Waals surface area contributed by atoms with Crippen LogP contribution in [0.25, 0.3) is 0 Å². The summed E-state index contributed by atoms with van der Waals surface area (Å²) in [5.41, 5.74) is -1.54. The van der Waals surface area contributed by atoms with Crippen LogP contribution in [0.1, 0.15) is 27.2 Å². The summed E-state index contributed by atoms with van der Waals surface area (Å²) in [6.07, 6.45) is 0.410. The highest BCUT2D eigenvalue weighted by Gasteiger charge is 2.43. The third kappa shape index (κ3) is 2.79. The lowest BCUT2D eigenvalue weighted by Gasteiger charge is -2.49. The fourth-order valence-corrected chi connectivity index (χ4v) is 2.47. The van der Waals surface area contributed by atoms with Crippen molar-refractivity contribution in [3.8, 4) is 0 Å². The monoisotopic (exact) mass is 232 g/mol. The summed E-state index contributed by atoms with van der Waals surface area (Å²) in [5, 5.41) is 22.1. The number of aliphatic hydroxyl groups is 1.